The SMILES string of the molecule is COc1c(N)nc(Sc2ccc(NC(C)=O)cc2)nc1N1CCN(CCN(C)C)CC1. The zero-order valence-corrected chi connectivity index (χ0v) is 19.4. The highest BCUT2D eigenvalue weighted by Gasteiger charge is 2.24. The van der Waals surface area contributed by atoms with E-state index in [2.05, 4.69) is 39.1 Å². The first-order valence-corrected chi connectivity index (χ1v) is 11.1. The Morgan fingerprint density at radius 3 is 2.45 bits per heavy atom. The van der Waals surface area contributed by atoms with Gasteiger partial charge in [0.25, 0.3) is 0 Å². The minimum Gasteiger partial charge on any atom is -0.490 e. The number of carbonyl (C=O) groups is 1. The van der Waals surface area contributed by atoms with Gasteiger partial charge in [-0.3, -0.25) is 9.69 Å². The second-order valence-corrected chi connectivity index (χ2v) is 8.73. The molecule has 2 aromatic rings. The summed E-state index contributed by atoms with van der Waals surface area (Å²) in [6, 6.07) is 7.54. The Kier molecular flexibility index (Phi) is 7.94. The monoisotopic (exact) mass is 445 g/mol. The normalized spacial score (nSPS) is 14.7. The molecule has 3 N–H and O–H groups in total. The molecule has 0 spiro atoms. The van der Waals surface area contributed by atoms with E-state index in [1.54, 1.807) is 7.11 Å². The molecule has 0 saturated carbocycles. The van der Waals surface area contributed by atoms with E-state index in [1.165, 1.54) is 18.7 Å². The molecule has 0 unspecified atom stereocenters. The molecule has 0 bridgehead atoms. The summed E-state index contributed by atoms with van der Waals surface area (Å²) in [6.45, 7) is 7.23. The van der Waals surface area contributed by atoms with E-state index in [0.29, 0.717) is 16.7 Å². The molecular formula is C21H31N7O2S. The molecule has 1 aromatic heterocycles. The molecule has 9 nitrogen and oxygen atoms in total. The highest BCUT2D eigenvalue weighted by atomic mass is 32.2. The fraction of sp³-hybridized carbons (Fsp3) is 0.476. The summed E-state index contributed by atoms with van der Waals surface area (Å²) >= 11 is 1.43. The Hall–Kier alpha value is -2.56. The number of nitrogens with two attached hydrogens (primary N) is 1. The summed E-state index contributed by atoms with van der Waals surface area (Å²) < 4.78 is 5.53. The van der Waals surface area contributed by atoms with Gasteiger partial charge in [0.1, 0.15) is 0 Å². The van der Waals surface area contributed by atoms with Gasteiger partial charge in [-0.25, -0.2) is 9.97 Å². The predicted octanol–water partition coefficient (Wildman–Crippen LogP) is 1.86. The molecule has 0 aliphatic carbocycles. The minimum absolute atomic E-state index is 0.0990. The van der Waals surface area contributed by atoms with Gasteiger partial charge in [-0.15, -0.1) is 0 Å². The van der Waals surface area contributed by atoms with Gasteiger partial charge in [-0.2, -0.15) is 0 Å². The lowest BCUT2D eigenvalue weighted by atomic mass is 10.3. The average molecular weight is 446 g/mol. The molecule has 1 aromatic carbocycles. The van der Waals surface area contributed by atoms with Crippen molar-refractivity contribution in [2.24, 2.45) is 0 Å². The summed E-state index contributed by atoms with van der Waals surface area (Å²) in [4.78, 5) is 28.2. The molecule has 1 amide bonds. The van der Waals surface area contributed by atoms with Gasteiger partial charge in [0, 0.05) is 56.8 Å². The number of nitrogens with one attached hydrogen (secondary N) is 1. The zero-order valence-electron chi connectivity index (χ0n) is 18.6. The molecule has 1 aliphatic heterocycles. The standard InChI is InChI=1S/C21H31N7O2S/c1-15(29)23-16-5-7-17(8-6-16)31-21-24-19(22)18(30-4)20(25-21)28-13-11-27(12-14-28)10-9-26(2)3/h5-8H,9-14H2,1-4H3,(H,23,29)(H2,22,24,25). The first-order valence-electron chi connectivity index (χ1n) is 10.2. The van der Waals surface area contributed by atoms with Crippen LogP contribution in [0.3, 0.4) is 0 Å². The molecule has 3 rings (SSSR count). The fourth-order valence-electron chi connectivity index (χ4n) is 3.33. The van der Waals surface area contributed by atoms with Gasteiger partial charge in [-0.1, -0.05) is 0 Å². The number of aromatic nitrogens is 2. The summed E-state index contributed by atoms with van der Waals surface area (Å²) in [5, 5.41) is 3.33. The molecule has 2 heterocycles. The maximum Gasteiger partial charge on any atom is 0.221 e. The number of hydrogen-bond donors (Lipinski definition) is 2. The van der Waals surface area contributed by atoms with Crippen molar-refractivity contribution in [2.75, 3.05) is 76.4 Å². The van der Waals surface area contributed by atoms with Crippen LogP contribution in [0.5, 0.6) is 5.75 Å². The minimum atomic E-state index is -0.0990. The van der Waals surface area contributed by atoms with Crippen molar-refractivity contribution in [2.45, 2.75) is 17.0 Å². The molecule has 1 saturated heterocycles. The average Bonchev–Trinajstić information content (AvgIpc) is 2.73. The third-order valence-corrected chi connectivity index (χ3v) is 5.85. The maximum absolute atomic E-state index is 11.2. The second kappa shape index (κ2) is 10.7. The number of ether oxygens (including phenoxy) is 1. The van der Waals surface area contributed by atoms with Crippen LogP contribution in [-0.4, -0.2) is 86.1 Å². The number of likely N-dealkylation sites (N-methyl/N-ethyl adjacent to an activating group) is 1. The van der Waals surface area contributed by atoms with Crippen molar-refractivity contribution >= 4 is 35.0 Å². The molecular weight excluding hydrogens is 414 g/mol. The number of rotatable bonds is 8. The first kappa shape index (κ1) is 23.1. The Morgan fingerprint density at radius 1 is 1.19 bits per heavy atom. The first-order chi connectivity index (χ1) is 14.9. The van der Waals surface area contributed by atoms with Crippen LogP contribution >= 0.6 is 11.8 Å². The number of carbonyl (C=O) groups excluding carboxylic acids is 1. The maximum atomic E-state index is 11.2. The van der Waals surface area contributed by atoms with E-state index in [-0.39, 0.29) is 5.91 Å². The summed E-state index contributed by atoms with van der Waals surface area (Å²) in [5.41, 5.74) is 6.95. The Labute approximate surface area is 188 Å². The van der Waals surface area contributed by atoms with Crippen molar-refractivity contribution in [3.05, 3.63) is 24.3 Å². The quantitative estimate of drug-likeness (QED) is 0.590. The lowest BCUT2D eigenvalue weighted by Gasteiger charge is -2.36. The number of hydrogen-bond acceptors (Lipinski definition) is 9. The predicted molar refractivity (Wildman–Crippen MR) is 125 cm³/mol. The fourth-order valence-corrected chi connectivity index (χ4v) is 4.09. The topological polar surface area (TPSA) is 99.8 Å². The zero-order chi connectivity index (χ0) is 22.4. The van der Waals surface area contributed by atoms with Gasteiger partial charge in [-0.05, 0) is 50.1 Å². The third-order valence-electron chi connectivity index (χ3n) is 4.98. The number of nitrogens with zero attached hydrogens (tertiary/aromatic N) is 5. The van der Waals surface area contributed by atoms with E-state index < -0.39 is 0 Å². The Balaban J connectivity index is 1.72. The number of piperazine rings is 1. The van der Waals surface area contributed by atoms with Crippen LogP contribution in [0.15, 0.2) is 34.3 Å². The van der Waals surface area contributed by atoms with Crippen LogP contribution in [0.25, 0.3) is 0 Å². The van der Waals surface area contributed by atoms with E-state index in [9.17, 15) is 4.79 Å². The number of nitrogen functional groups attached to an aromatic ring is 1. The Morgan fingerprint density at radius 2 is 1.87 bits per heavy atom. The lowest BCUT2D eigenvalue weighted by molar-refractivity contribution is -0.114. The van der Waals surface area contributed by atoms with E-state index in [4.69, 9.17) is 15.5 Å². The number of anilines is 3. The molecule has 0 atom stereocenters. The molecule has 1 aliphatic rings. The molecule has 0 radical (unpaired) electrons. The highest BCUT2D eigenvalue weighted by molar-refractivity contribution is 7.99. The van der Waals surface area contributed by atoms with Crippen LogP contribution in [0.1, 0.15) is 6.92 Å². The number of amides is 1. The molecule has 31 heavy (non-hydrogen) atoms. The van der Waals surface area contributed by atoms with Crippen molar-refractivity contribution in [3.63, 3.8) is 0 Å². The van der Waals surface area contributed by atoms with Crippen molar-refractivity contribution in [1.29, 1.82) is 0 Å². The molecule has 10 heteroatoms. The molecule has 168 valence electrons. The third kappa shape index (κ3) is 6.46. The number of benzene rings is 1. The van der Waals surface area contributed by atoms with Crippen molar-refractivity contribution < 1.29 is 9.53 Å². The smallest absolute Gasteiger partial charge is 0.221 e. The van der Waals surface area contributed by atoms with Gasteiger partial charge in [0.15, 0.2) is 16.8 Å². The van der Waals surface area contributed by atoms with E-state index in [0.717, 1.165) is 55.7 Å². The van der Waals surface area contributed by atoms with Crippen LogP contribution < -0.4 is 20.7 Å². The Bertz CT molecular complexity index is 884. The van der Waals surface area contributed by atoms with Gasteiger partial charge in [0.05, 0.1) is 7.11 Å². The van der Waals surface area contributed by atoms with Gasteiger partial charge < -0.3 is 25.6 Å². The van der Waals surface area contributed by atoms with Crippen LogP contribution in [0.2, 0.25) is 0 Å². The summed E-state index contributed by atoms with van der Waals surface area (Å²) in [6.07, 6.45) is 0. The van der Waals surface area contributed by atoms with Crippen molar-refractivity contribution in [1.82, 2.24) is 19.8 Å². The number of methoxy groups -OCH3 is 1. The van der Waals surface area contributed by atoms with Crippen molar-refractivity contribution in [3.8, 4) is 5.75 Å². The highest BCUT2D eigenvalue weighted by Crippen LogP contribution is 2.35. The van der Waals surface area contributed by atoms with Crippen LogP contribution in [-0.2, 0) is 4.79 Å². The lowest BCUT2D eigenvalue weighted by Crippen LogP contribution is -2.48. The second-order valence-electron chi connectivity index (χ2n) is 7.69. The van der Waals surface area contributed by atoms with Gasteiger partial charge in [0.2, 0.25) is 11.7 Å². The summed E-state index contributed by atoms with van der Waals surface area (Å²) in [5.74, 6) is 1.49. The molecule has 1 fully saturated rings. The van der Waals surface area contributed by atoms with E-state index in [1.807, 2.05) is 24.3 Å². The van der Waals surface area contributed by atoms with E-state index >= 15 is 0 Å². The summed E-state index contributed by atoms with van der Waals surface area (Å²) in [7, 11) is 5.79. The van der Waals surface area contributed by atoms with Crippen LogP contribution in [0, 0.1) is 0 Å². The van der Waals surface area contributed by atoms with Gasteiger partial charge >= 0.3 is 0 Å². The largest absolute Gasteiger partial charge is 0.490 e. The van der Waals surface area contributed by atoms with Crippen LogP contribution in [0.4, 0.5) is 17.3 Å².